The Labute approximate surface area is 175 Å². The molecule has 0 radical (unpaired) electrons. The second kappa shape index (κ2) is 8.59. The molecular weight excluding hydrogens is 380 g/mol. The predicted molar refractivity (Wildman–Crippen MR) is 114 cm³/mol. The molecule has 1 amide bonds. The second-order valence-electron chi connectivity index (χ2n) is 7.30. The summed E-state index contributed by atoms with van der Waals surface area (Å²) in [7, 11) is 0. The van der Waals surface area contributed by atoms with Gasteiger partial charge in [-0.25, -0.2) is 9.78 Å². The summed E-state index contributed by atoms with van der Waals surface area (Å²) >= 11 is 0. The molecule has 154 valence electrons. The average molecular weight is 404 g/mol. The topological polar surface area (TPSA) is 84.4 Å². The molecule has 0 bridgehead atoms. The lowest BCUT2D eigenvalue weighted by molar-refractivity contribution is -0.123. The van der Waals surface area contributed by atoms with Crippen LogP contribution in [0.4, 0.5) is 5.82 Å². The summed E-state index contributed by atoms with van der Waals surface area (Å²) in [6.07, 6.45) is 1.40. The molecule has 1 N–H and O–H groups in total. The molecule has 1 atom stereocenters. The smallest absolute Gasteiger partial charge is 0.339 e. The fraction of sp³-hybridized carbons (Fsp3) is 0.304. The third-order valence-corrected chi connectivity index (χ3v) is 5.35. The van der Waals surface area contributed by atoms with Crippen LogP contribution < -0.4 is 5.32 Å². The monoisotopic (exact) mass is 404 g/mol. The van der Waals surface area contributed by atoms with Gasteiger partial charge in [-0.2, -0.15) is 0 Å². The van der Waals surface area contributed by atoms with Crippen molar-refractivity contribution in [1.82, 2.24) is 14.9 Å². The number of para-hydroxylation sites is 1. The van der Waals surface area contributed by atoms with Gasteiger partial charge in [0.2, 0.25) is 0 Å². The molecule has 1 aliphatic rings. The first-order valence-electron chi connectivity index (χ1n) is 10.1. The van der Waals surface area contributed by atoms with E-state index >= 15 is 0 Å². The summed E-state index contributed by atoms with van der Waals surface area (Å²) in [5.41, 5.74) is 3.09. The Bertz CT molecular complexity index is 1080. The number of hydrogen-bond acceptors (Lipinski definition) is 6. The predicted octanol–water partition coefficient (Wildman–Crippen LogP) is 3.19. The zero-order chi connectivity index (χ0) is 21.1. The third-order valence-electron chi connectivity index (χ3n) is 5.35. The summed E-state index contributed by atoms with van der Waals surface area (Å²) in [4.78, 5) is 36.8. The number of nitrogens with zero attached hydrogens (tertiary/aromatic N) is 3. The van der Waals surface area contributed by atoms with E-state index in [0.29, 0.717) is 17.9 Å². The number of hydrogen-bond donors (Lipinski definition) is 1. The lowest BCUT2D eigenvalue weighted by Gasteiger charge is -2.29. The number of carbonyl (C=O) groups excluding carboxylic acids is 2. The van der Waals surface area contributed by atoms with Crippen LogP contribution in [-0.4, -0.2) is 45.9 Å². The van der Waals surface area contributed by atoms with Crippen molar-refractivity contribution in [2.45, 2.75) is 32.9 Å². The second-order valence-corrected chi connectivity index (χ2v) is 7.30. The maximum Gasteiger partial charge on any atom is 0.339 e. The maximum absolute atomic E-state index is 13.2. The summed E-state index contributed by atoms with van der Waals surface area (Å²) < 4.78 is 5.59. The number of nitrogens with one attached hydrogen (secondary N) is 1. The van der Waals surface area contributed by atoms with E-state index in [1.807, 2.05) is 24.3 Å². The van der Waals surface area contributed by atoms with Gasteiger partial charge < -0.3 is 10.1 Å². The van der Waals surface area contributed by atoms with Crippen LogP contribution in [0.15, 0.2) is 48.7 Å². The van der Waals surface area contributed by atoms with Gasteiger partial charge in [-0.05, 0) is 31.7 Å². The molecule has 0 saturated carbocycles. The molecule has 1 aromatic carbocycles. The molecule has 3 heterocycles. The minimum absolute atomic E-state index is 0.413. The Hall–Kier alpha value is -3.32. The highest BCUT2D eigenvalue weighted by Gasteiger charge is 2.28. The minimum Gasteiger partial charge on any atom is -0.449 e. The molecule has 0 saturated heterocycles. The number of carbonyl (C=O) groups is 2. The summed E-state index contributed by atoms with van der Waals surface area (Å²) in [5, 5.41) is 3.41. The Morgan fingerprint density at radius 1 is 1.20 bits per heavy atom. The quantitative estimate of drug-likeness (QED) is 0.658. The Kier molecular flexibility index (Phi) is 5.72. The van der Waals surface area contributed by atoms with Crippen molar-refractivity contribution in [3.63, 3.8) is 0 Å². The van der Waals surface area contributed by atoms with Crippen molar-refractivity contribution < 1.29 is 14.3 Å². The van der Waals surface area contributed by atoms with Gasteiger partial charge in [-0.1, -0.05) is 31.2 Å². The van der Waals surface area contributed by atoms with Gasteiger partial charge in [-0.15, -0.1) is 0 Å². The molecule has 1 aliphatic heterocycles. The van der Waals surface area contributed by atoms with Gasteiger partial charge in [0.15, 0.2) is 6.10 Å². The minimum atomic E-state index is -0.965. The normalized spacial score (nSPS) is 14.7. The highest BCUT2D eigenvalue weighted by molar-refractivity contribution is 6.06. The van der Waals surface area contributed by atoms with Crippen molar-refractivity contribution in [3.8, 4) is 0 Å². The number of anilines is 1. The Balaban J connectivity index is 1.63. The van der Waals surface area contributed by atoms with Gasteiger partial charge in [0.1, 0.15) is 5.82 Å². The number of fused-ring (bicyclic) bond motifs is 2. The van der Waals surface area contributed by atoms with Crippen LogP contribution in [0.1, 0.15) is 35.5 Å². The number of ether oxygens (including phenoxy) is 1. The number of rotatable bonds is 5. The molecule has 7 nitrogen and oxygen atoms in total. The van der Waals surface area contributed by atoms with Crippen molar-refractivity contribution in [3.05, 3.63) is 65.5 Å². The van der Waals surface area contributed by atoms with Crippen LogP contribution in [0.3, 0.4) is 0 Å². The number of benzene rings is 1. The number of aromatic nitrogens is 2. The molecule has 0 fully saturated rings. The highest BCUT2D eigenvalue weighted by Crippen LogP contribution is 2.29. The van der Waals surface area contributed by atoms with Crippen molar-refractivity contribution in [2.24, 2.45) is 0 Å². The van der Waals surface area contributed by atoms with E-state index in [9.17, 15) is 9.59 Å². The number of pyridine rings is 2. The van der Waals surface area contributed by atoms with Crippen LogP contribution in [-0.2, 0) is 22.5 Å². The van der Waals surface area contributed by atoms with Crippen LogP contribution in [0, 0.1) is 0 Å². The average Bonchev–Trinajstić information content (AvgIpc) is 2.77. The van der Waals surface area contributed by atoms with Gasteiger partial charge in [-0.3, -0.25) is 14.7 Å². The first-order chi connectivity index (χ1) is 14.6. The van der Waals surface area contributed by atoms with Crippen LogP contribution >= 0.6 is 0 Å². The number of esters is 1. The van der Waals surface area contributed by atoms with E-state index < -0.39 is 18.0 Å². The largest absolute Gasteiger partial charge is 0.449 e. The van der Waals surface area contributed by atoms with Gasteiger partial charge in [0, 0.05) is 42.4 Å². The molecule has 0 spiro atoms. The molecule has 2 aromatic heterocycles. The molecule has 7 heteroatoms. The van der Waals surface area contributed by atoms with Crippen molar-refractivity contribution in [1.29, 1.82) is 0 Å². The Morgan fingerprint density at radius 2 is 2.00 bits per heavy atom. The molecular formula is C23H24N4O3. The zero-order valence-corrected chi connectivity index (χ0v) is 17.1. The van der Waals surface area contributed by atoms with Crippen molar-refractivity contribution in [2.75, 3.05) is 18.4 Å². The van der Waals surface area contributed by atoms with Crippen LogP contribution in [0.2, 0.25) is 0 Å². The number of amides is 1. The van der Waals surface area contributed by atoms with Crippen LogP contribution in [0.5, 0.6) is 0 Å². The van der Waals surface area contributed by atoms with Gasteiger partial charge in [0.25, 0.3) is 5.91 Å². The standard InChI is InChI=1S/C23H24N4O3/c1-3-27-13-11-19-17(14-27)21(16-8-4-5-9-18(16)25-19)23(29)30-15(2)22(28)26-20-10-6-7-12-24-20/h4-10,12,15H,3,11,13-14H2,1-2H3,(H,24,26,28). The first-order valence-corrected chi connectivity index (χ1v) is 10.1. The fourth-order valence-corrected chi connectivity index (χ4v) is 3.69. The number of likely N-dealkylation sites (N-methyl/N-ethyl adjacent to an activating group) is 1. The highest BCUT2D eigenvalue weighted by atomic mass is 16.5. The summed E-state index contributed by atoms with van der Waals surface area (Å²) in [6.45, 7) is 6.10. The van der Waals surface area contributed by atoms with E-state index in [1.54, 1.807) is 31.3 Å². The summed E-state index contributed by atoms with van der Waals surface area (Å²) in [6, 6.07) is 12.8. The molecule has 4 rings (SSSR count). The molecule has 30 heavy (non-hydrogen) atoms. The SMILES string of the molecule is CCN1CCc2nc3ccccc3c(C(=O)OC(C)C(=O)Nc3ccccn3)c2C1. The Morgan fingerprint density at radius 3 is 2.77 bits per heavy atom. The van der Waals surface area contributed by atoms with E-state index in [4.69, 9.17) is 9.72 Å². The summed E-state index contributed by atoms with van der Waals surface area (Å²) in [5.74, 6) is -0.522. The molecule has 0 aliphatic carbocycles. The van der Waals surface area contributed by atoms with Gasteiger partial charge in [0.05, 0.1) is 11.1 Å². The molecule has 1 unspecified atom stereocenters. The van der Waals surface area contributed by atoms with Crippen LogP contribution in [0.25, 0.3) is 10.9 Å². The van der Waals surface area contributed by atoms with E-state index in [0.717, 1.165) is 41.7 Å². The van der Waals surface area contributed by atoms with Crippen molar-refractivity contribution >= 4 is 28.6 Å². The maximum atomic E-state index is 13.2. The fourth-order valence-electron chi connectivity index (χ4n) is 3.69. The van der Waals surface area contributed by atoms with E-state index in [2.05, 4.69) is 22.1 Å². The van der Waals surface area contributed by atoms with Gasteiger partial charge >= 0.3 is 5.97 Å². The lowest BCUT2D eigenvalue weighted by Crippen LogP contribution is -2.34. The third kappa shape index (κ3) is 4.02. The first kappa shape index (κ1) is 20.0. The zero-order valence-electron chi connectivity index (χ0n) is 17.1. The van der Waals surface area contributed by atoms with E-state index in [-0.39, 0.29) is 0 Å². The van der Waals surface area contributed by atoms with E-state index in [1.165, 1.54) is 0 Å². The molecule has 3 aromatic rings. The lowest BCUT2D eigenvalue weighted by atomic mass is 9.95.